The number of nitrogens with zero attached hydrogens (tertiary/aromatic N) is 3. The van der Waals surface area contributed by atoms with Crippen LogP contribution in [0.1, 0.15) is 74.1 Å². The van der Waals surface area contributed by atoms with Crippen molar-refractivity contribution in [1.29, 1.82) is 0 Å². The number of ether oxygens (including phenoxy) is 1. The molecule has 0 radical (unpaired) electrons. The molecule has 0 aliphatic carbocycles. The lowest BCUT2D eigenvalue weighted by molar-refractivity contribution is -0.157. The fourth-order valence-electron chi connectivity index (χ4n) is 7.65. The van der Waals surface area contributed by atoms with Crippen molar-refractivity contribution >= 4 is 17.7 Å². The topological polar surface area (TPSA) is 90.4 Å². The second kappa shape index (κ2) is 10.8. The van der Waals surface area contributed by atoms with E-state index in [0.29, 0.717) is 32.5 Å². The van der Waals surface area contributed by atoms with Gasteiger partial charge in [-0.25, -0.2) is 0 Å². The van der Waals surface area contributed by atoms with Gasteiger partial charge in [-0.05, 0) is 51.9 Å². The Hall–Kier alpha value is -2.19. The molecule has 3 aliphatic heterocycles. The van der Waals surface area contributed by atoms with Gasteiger partial charge < -0.3 is 24.5 Å². The summed E-state index contributed by atoms with van der Waals surface area (Å²) in [7, 11) is 0. The van der Waals surface area contributed by atoms with E-state index in [1.165, 1.54) is 4.90 Å². The van der Waals surface area contributed by atoms with Crippen molar-refractivity contribution in [3.8, 4) is 0 Å². The number of β-amino-alcohol motifs (C(OH)–C–C–N with tert-alkyl or cyclic N) is 1. The molecule has 3 saturated heterocycles. The summed E-state index contributed by atoms with van der Waals surface area (Å²) in [4.78, 5) is 47.6. The molecule has 3 rings (SSSR count). The number of carbonyl (C=O) groups is 3. The Bertz CT molecular complexity index is 956. The van der Waals surface area contributed by atoms with Gasteiger partial charge in [-0.1, -0.05) is 39.8 Å². The molecule has 0 saturated carbocycles. The third-order valence-corrected chi connectivity index (χ3v) is 8.54. The summed E-state index contributed by atoms with van der Waals surface area (Å²) in [5, 5.41) is 9.92. The molecule has 8 heteroatoms. The maximum absolute atomic E-state index is 14.6. The molecule has 2 bridgehead atoms. The standard InChI is InChI=1S/C30H49N3O5/c1-10-15-31(16-11-2)24(35)21-22-25(36)32(18-19-34)23(30(22)14-13-29(21,9)38-30)26(37)33(17-12-3)28(7,8)20-27(4,5)6/h10,12,21-23,34H,1,3,11,13-20H2,2,4-9H3/t21-,22-,23?,29+,30?/m0/s1. The lowest BCUT2D eigenvalue weighted by Crippen LogP contribution is -2.61. The molecule has 3 amide bonds. The second-order valence-electron chi connectivity index (χ2n) is 13.3. The van der Waals surface area contributed by atoms with Gasteiger partial charge in [-0.15, -0.1) is 13.2 Å². The molecule has 3 fully saturated rings. The highest BCUT2D eigenvalue weighted by atomic mass is 16.5. The minimum absolute atomic E-state index is 0.0153. The van der Waals surface area contributed by atoms with Crippen molar-refractivity contribution in [2.45, 2.75) is 96.9 Å². The molecule has 3 aliphatic rings. The zero-order chi connectivity index (χ0) is 28.7. The number of amides is 3. The van der Waals surface area contributed by atoms with Crippen LogP contribution in [0.15, 0.2) is 25.3 Å². The summed E-state index contributed by atoms with van der Waals surface area (Å²) in [5.74, 6) is -2.07. The van der Waals surface area contributed by atoms with Gasteiger partial charge in [0, 0.05) is 31.7 Å². The van der Waals surface area contributed by atoms with E-state index < -0.39 is 34.6 Å². The fraction of sp³-hybridized carbons (Fsp3) is 0.767. The molecule has 214 valence electrons. The van der Waals surface area contributed by atoms with Crippen LogP contribution in [-0.2, 0) is 19.1 Å². The van der Waals surface area contributed by atoms with E-state index in [4.69, 9.17) is 4.74 Å². The molecule has 2 unspecified atom stereocenters. The lowest BCUT2D eigenvalue weighted by atomic mass is 9.66. The molecular weight excluding hydrogens is 482 g/mol. The van der Waals surface area contributed by atoms with E-state index in [9.17, 15) is 19.5 Å². The van der Waals surface area contributed by atoms with Gasteiger partial charge in [-0.3, -0.25) is 14.4 Å². The zero-order valence-corrected chi connectivity index (χ0v) is 24.6. The Kier molecular flexibility index (Phi) is 8.60. The summed E-state index contributed by atoms with van der Waals surface area (Å²) in [6.07, 6.45) is 6.03. The van der Waals surface area contributed by atoms with E-state index in [0.717, 1.165) is 12.8 Å². The normalized spacial score (nSPS) is 30.4. The third kappa shape index (κ3) is 5.06. The van der Waals surface area contributed by atoms with Crippen LogP contribution in [0.3, 0.4) is 0 Å². The molecule has 1 spiro atoms. The average Bonchev–Trinajstić information content (AvgIpc) is 3.36. The summed E-state index contributed by atoms with van der Waals surface area (Å²) in [6.45, 7) is 23.1. The number of fused-ring (bicyclic) bond motifs is 1. The van der Waals surface area contributed by atoms with Crippen LogP contribution in [-0.4, -0.2) is 93.1 Å². The van der Waals surface area contributed by atoms with Crippen molar-refractivity contribution in [3.63, 3.8) is 0 Å². The minimum atomic E-state index is -1.11. The smallest absolute Gasteiger partial charge is 0.249 e. The van der Waals surface area contributed by atoms with Gasteiger partial charge in [-0.2, -0.15) is 0 Å². The maximum Gasteiger partial charge on any atom is 0.249 e. The molecule has 38 heavy (non-hydrogen) atoms. The van der Waals surface area contributed by atoms with Crippen LogP contribution in [0.5, 0.6) is 0 Å². The summed E-state index contributed by atoms with van der Waals surface area (Å²) >= 11 is 0. The summed E-state index contributed by atoms with van der Waals surface area (Å²) in [5.41, 5.74) is -2.51. The van der Waals surface area contributed by atoms with Crippen LogP contribution in [0.25, 0.3) is 0 Å². The highest BCUT2D eigenvalue weighted by Crippen LogP contribution is 2.63. The van der Waals surface area contributed by atoms with Crippen molar-refractivity contribution in [2.24, 2.45) is 17.3 Å². The number of hydrogen-bond acceptors (Lipinski definition) is 5. The van der Waals surface area contributed by atoms with Gasteiger partial charge >= 0.3 is 0 Å². The summed E-state index contributed by atoms with van der Waals surface area (Å²) in [6, 6.07) is -0.912. The molecule has 5 atom stereocenters. The first-order valence-electron chi connectivity index (χ1n) is 14.1. The predicted octanol–water partition coefficient (Wildman–Crippen LogP) is 3.40. The lowest BCUT2D eigenvalue weighted by Gasteiger charge is -2.45. The molecule has 0 aromatic heterocycles. The average molecular weight is 532 g/mol. The Morgan fingerprint density at radius 1 is 1.13 bits per heavy atom. The Balaban J connectivity index is 2.10. The van der Waals surface area contributed by atoms with Gasteiger partial charge in [0.05, 0.1) is 24.0 Å². The molecular formula is C30H49N3O5. The summed E-state index contributed by atoms with van der Waals surface area (Å²) < 4.78 is 6.74. The Labute approximate surface area is 229 Å². The first-order valence-corrected chi connectivity index (χ1v) is 14.1. The van der Waals surface area contributed by atoms with Crippen LogP contribution < -0.4 is 0 Å². The SMILES string of the molecule is C=CCN(CCC)C(=O)[C@@H]1[C@H]2C(=O)N(CCO)C(C(=O)N(CC=C)C(C)(C)CC(C)(C)C)C23CC[C@@]1(C)O3. The highest BCUT2D eigenvalue weighted by Gasteiger charge is 2.78. The number of aliphatic hydroxyl groups excluding tert-OH is 1. The third-order valence-electron chi connectivity index (χ3n) is 8.54. The van der Waals surface area contributed by atoms with E-state index in [1.54, 1.807) is 22.0 Å². The van der Waals surface area contributed by atoms with Crippen LogP contribution >= 0.6 is 0 Å². The van der Waals surface area contributed by atoms with Gasteiger partial charge in [0.15, 0.2) is 0 Å². The second-order valence-corrected chi connectivity index (χ2v) is 13.3. The molecule has 0 aromatic rings. The van der Waals surface area contributed by atoms with E-state index in [2.05, 4.69) is 33.9 Å². The van der Waals surface area contributed by atoms with Crippen molar-refractivity contribution in [3.05, 3.63) is 25.3 Å². The van der Waals surface area contributed by atoms with Crippen molar-refractivity contribution in [1.82, 2.24) is 14.7 Å². The Morgan fingerprint density at radius 3 is 2.29 bits per heavy atom. The predicted molar refractivity (Wildman–Crippen MR) is 148 cm³/mol. The first kappa shape index (κ1) is 30.4. The van der Waals surface area contributed by atoms with Crippen LogP contribution in [0, 0.1) is 17.3 Å². The largest absolute Gasteiger partial charge is 0.395 e. The number of likely N-dealkylation sites (tertiary alicyclic amines) is 1. The number of carbonyl (C=O) groups excluding carboxylic acids is 3. The van der Waals surface area contributed by atoms with Crippen molar-refractivity contribution in [2.75, 3.05) is 32.8 Å². The number of aliphatic hydroxyl groups is 1. The molecule has 0 aromatic carbocycles. The molecule has 8 nitrogen and oxygen atoms in total. The van der Waals surface area contributed by atoms with Crippen LogP contribution in [0.2, 0.25) is 0 Å². The quantitative estimate of drug-likeness (QED) is 0.390. The maximum atomic E-state index is 14.6. The van der Waals surface area contributed by atoms with Gasteiger partial charge in [0.25, 0.3) is 0 Å². The van der Waals surface area contributed by atoms with E-state index >= 15 is 0 Å². The zero-order valence-electron chi connectivity index (χ0n) is 24.6. The number of hydrogen-bond donors (Lipinski definition) is 1. The fourth-order valence-corrected chi connectivity index (χ4v) is 7.65. The monoisotopic (exact) mass is 531 g/mol. The van der Waals surface area contributed by atoms with Gasteiger partial charge in [0.2, 0.25) is 17.7 Å². The van der Waals surface area contributed by atoms with E-state index in [-0.39, 0.29) is 36.3 Å². The Morgan fingerprint density at radius 2 is 1.76 bits per heavy atom. The highest BCUT2D eigenvalue weighted by molar-refractivity contribution is 5.99. The van der Waals surface area contributed by atoms with E-state index in [1.807, 2.05) is 27.7 Å². The molecule has 3 heterocycles. The molecule has 1 N–H and O–H groups in total. The van der Waals surface area contributed by atoms with Gasteiger partial charge in [0.1, 0.15) is 11.6 Å². The first-order chi connectivity index (χ1) is 17.6. The minimum Gasteiger partial charge on any atom is -0.395 e. The van der Waals surface area contributed by atoms with Crippen molar-refractivity contribution < 1.29 is 24.2 Å². The van der Waals surface area contributed by atoms with Crippen LogP contribution in [0.4, 0.5) is 0 Å². The number of rotatable bonds is 12.